The fourth-order valence-electron chi connectivity index (χ4n) is 3.20. The van der Waals surface area contributed by atoms with Gasteiger partial charge in [0.25, 0.3) is 5.91 Å². The average molecular weight is 468 g/mol. The second-order valence-electron chi connectivity index (χ2n) is 6.88. The van der Waals surface area contributed by atoms with Crippen molar-refractivity contribution in [3.63, 3.8) is 0 Å². The summed E-state index contributed by atoms with van der Waals surface area (Å²) in [7, 11) is 0. The van der Waals surface area contributed by atoms with E-state index in [-0.39, 0.29) is 12.3 Å². The zero-order chi connectivity index (χ0) is 23.4. The highest BCUT2D eigenvalue weighted by Crippen LogP contribution is 2.29. The number of esters is 1. The molecule has 4 N–H and O–H groups in total. The molecule has 0 bridgehead atoms. The number of amides is 2. The molecule has 0 saturated heterocycles. The van der Waals surface area contributed by atoms with Gasteiger partial charge >= 0.3 is 5.97 Å². The summed E-state index contributed by atoms with van der Waals surface area (Å²) in [6.45, 7) is 1.86. The van der Waals surface area contributed by atoms with Gasteiger partial charge in [-0.3, -0.25) is 14.4 Å². The lowest BCUT2D eigenvalue weighted by Gasteiger charge is -2.09. The summed E-state index contributed by atoms with van der Waals surface area (Å²) >= 11 is 6.08. The number of carbonyl (C=O) groups is 3. The summed E-state index contributed by atoms with van der Waals surface area (Å²) in [6, 6.07) is 11.7. The molecule has 0 atom stereocenters. The lowest BCUT2D eigenvalue weighted by molar-refractivity contribution is -0.145. The first kappa shape index (κ1) is 22.0. The second kappa shape index (κ2) is 9.49. The van der Waals surface area contributed by atoms with Crippen molar-refractivity contribution in [2.24, 2.45) is 0 Å². The lowest BCUT2D eigenvalue weighted by atomic mass is 10.1. The Bertz CT molecular complexity index is 1330. The van der Waals surface area contributed by atoms with Crippen LogP contribution >= 0.6 is 11.6 Å². The number of tetrazole rings is 1. The highest BCUT2D eigenvalue weighted by atomic mass is 35.5. The van der Waals surface area contributed by atoms with Crippen molar-refractivity contribution in [1.29, 1.82) is 0 Å². The number of aromatic amines is 2. The van der Waals surface area contributed by atoms with Gasteiger partial charge in [-0.05, 0) is 47.7 Å². The standard InChI is InChI=1S/C21H18ClN7O4/c1-2-33-18(31)10-17(30)23-15-5-3-4-11-8-16(24-19(11)15)21(32)25-14-7-6-12(22)9-13(14)20-26-28-29-27-20/h3-9,24H,2,10H2,1H3,(H,23,30)(H,25,32)(H,26,27,28,29). The number of ether oxygens (including phenoxy) is 1. The van der Waals surface area contributed by atoms with Crippen LogP contribution in [0.15, 0.2) is 42.5 Å². The maximum Gasteiger partial charge on any atom is 0.315 e. The molecule has 0 radical (unpaired) electrons. The molecule has 0 spiro atoms. The molecule has 2 amide bonds. The molecule has 4 aromatic rings. The Hall–Kier alpha value is -4.25. The molecule has 12 heteroatoms. The first-order valence-electron chi connectivity index (χ1n) is 9.86. The third-order valence-corrected chi connectivity index (χ3v) is 4.85. The van der Waals surface area contributed by atoms with Gasteiger partial charge in [-0.2, -0.15) is 0 Å². The van der Waals surface area contributed by atoms with Crippen molar-refractivity contribution >= 4 is 51.7 Å². The number of anilines is 2. The summed E-state index contributed by atoms with van der Waals surface area (Å²) in [5.74, 6) is -1.22. The molecular weight excluding hydrogens is 450 g/mol. The highest BCUT2D eigenvalue weighted by Gasteiger charge is 2.17. The van der Waals surface area contributed by atoms with Crippen LogP contribution in [0, 0.1) is 0 Å². The van der Waals surface area contributed by atoms with Gasteiger partial charge in [0.05, 0.1) is 23.5 Å². The van der Waals surface area contributed by atoms with Gasteiger partial charge in [-0.1, -0.05) is 23.7 Å². The van der Waals surface area contributed by atoms with Crippen molar-refractivity contribution < 1.29 is 19.1 Å². The van der Waals surface area contributed by atoms with E-state index in [2.05, 4.69) is 36.2 Å². The number of aromatic nitrogens is 5. The SMILES string of the molecule is CCOC(=O)CC(=O)Nc1cccc2cc(C(=O)Nc3ccc(Cl)cc3-c3nnn[nH]3)[nH]c12. The van der Waals surface area contributed by atoms with Crippen molar-refractivity contribution in [2.45, 2.75) is 13.3 Å². The van der Waals surface area contributed by atoms with Crippen molar-refractivity contribution in [2.75, 3.05) is 17.2 Å². The van der Waals surface area contributed by atoms with Gasteiger partial charge in [0.2, 0.25) is 5.91 Å². The minimum atomic E-state index is -0.616. The van der Waals surface area contributed by atoms with E-state index in [0.717, 1.165) is 0 Å². The predicted octanol–water partition coefficient (Wildman–Crippen LogP) is 3.15. The molecule has 168 valence electrons. The van der Waals surface area contributed by atoms with Crippen molar-refractivity contribution in [1.82, 2.24) is 25.6 Å². The van der Waals surface area contributed by atoms with Crippen LogP contribution in [0.4, 0.5) is 11.4 Å². The van der Waals surface area contributed by atoms with Gasteiger partial charge < -0.3 is 20.4 Å². The third-order valence-electron chi connectivity index (χ3n) is 4.62. The van der Waals surface area contributed by atoms with Crippen molar-refractivity contribution in [3.05, 3.63) is 53.2 Å². The van der Waals surface area contributed by atoms with Crippen LogP contribution in [-0.4, -0.2) is 50.0 Å². The fourth-order valence-corrected chi connectivity index (χ4v) is 3.38. The Morgan fingerprint density at radius 2 is 1.94 bits per heavy atom. The zero-order valence-corrected chi connectivity index (χ0v) is 18.1. The second-order valence-corrected chi connectivity index (χ2v) is 7.31. The normalized spacial score (nSPS) is 10.7. The number of rotatable bonds is 7. The van der Waals surface area contributed by atoms with Gasteiger partial charge in [0.15, 0.2) is 5.82 Å². The molecule has 11 nitrogen and oxygen atoms in total. The monoisotopic (exact) mass is 467 g/mol. The lowest BCUT2D eigenvalue weighted by Crippen LogP contribution is -2.18. The molecule has 2 aromatic heterocycles. The van der Waals surface area contributed by atoms with Crippen LogP contribution in [-0.2, 0) is 14.3 Å². The van der Waals surface area contributed by atoms with E-state index >= 15 is 0 Å². The Morgan fingerprint density at radius 1 is 1.09 bits per heavy atom. The van der Waals surface area contributed by atoms with E-state index in [4.69, 9.17) is 16.3 Å². The van der Waals surface area contributed by atoms with Gasteiger partial charge in [-0.15, -0.1) is 5.10 Å². The fraction of sp³-hybridized carbons (Fsp3) is 0.143. The molecule has 0 fully saturated rings. The number of hydrogen-bond acceptors (Lipinski definition) is 7. The minimum absolute atomic E-state index is 0.194. The summed E-state index contributed by atoms with van der Waals surface area (Å²) in [5.41, 5.74) is 2.19. The Morgan fingerprint density at radius 3 is 2.70 bits per heavy atom. The first-order valence-corrected chi connectivity index (χ1v) is 10.2. The smallest absolute Gasteiger partial charge is 0.315 e. The van der Waals surface area contributed by atoms with Crippen LogP contribution in [0.3, 0.4) is 0 Å². The Kier molecular flexibility index (Phi) is 6.31. The van der Waals surface area contributed by atoms with Crippen LogP contribution in [0.25, 0.3) is 22.3 Å². The van der Waals surface area contributed by atoms with E-state index in [1.165, 1.54) is 0 Å². The molecule has 2 heterocycles. The van der Waals surface area contributed by atoms with Crippen LogP contribution in [0.5, 0.6) is 0 Å². The summed E-state index contributed by atoms with van der Waals surface area (Å²) < 4.78 is 4.79. The Labute approximate surface area is 191 Å². The number of para-hydroxylation sites is 1. The predicted molar refractivity (Wildman–Crippen MR) is 121 cm³/mol. The molecule has 0 aliphatic rings. The minimum Gasteiger partial charge on any atom is -0.466 e. The molecule has 0 aliphatic heterocycles. The summed E-state index contributed by atoms with van der Waals surface area (Å²) in [4.78, 5) is 39.7. The Balaban J connectivity index is 1.57. The molecular formula is C21H18ClN7O4. The van der Waals surface area contributed by atoms with Gasteiger partial charge in [0, 0.05) is 16.0 Å². The largest absolute Gasteiger partial charge is 0.466 e. The number of H-pyrrole nitrogens is 2. The number of fused-ring (bicyclic) bond motifs is 1. The quantitative estimate of drug-likeness (QED) is 0.240. The summed E-state index contributed by atoms with van der Waals surface area (Å²) in [6.07, 6.45) is -0.409. The maximum absolute atomic E-state index is 13.0. The van der Waals surface area contributed by atoms with Crippen molar-refractivity contribution in [3.8, 4) is 11.4 Å². The van der Waals surface area contributed by atoms with Gasteiger partial charge in [-0.25, -0.2) is 5.10 Å². The summed E-state index contributed by atoms with van der Waals surface area (Å²) in [5, 5.41) is 20.2. The van der Waals surface area contributed by atoms with E-state index in [1.54, 1.807) is 49.4 Å². The zero-order valence-electron chi connectivity index (χ0n) is 17.3. The van der Waals surface area contributed by atoms with E-state index in [1.807, 2.05) is 0 Å². The first-order chi connectivity index (χ1) is 15.9. The number of nitrogens with one attached hydrogen (secondary N) is 4. The average Bonchev–Trinajstić information content (AvgIpc) is 3.45. The number of halogens is 1. The third kappa shape index (κ3) is 4.99. The number of hydrogen-bond donors (Lipinski definition) is 4. The van der Waals surface area contributed by atoms with Crippen LogP contribution in [0.2, 0.25) is 5.02 Å². The van der Waals surface area contributed by atoms with Crippen LogP contribution < -0.4 is 10.6 Å². The highest BCUT2D eigenvalue weighted by molar-refractivity contribution is 6.31. The number of benzene rings is 2. The van der Waals surface area contributed by atoms with Gasteiger partial charge in [0.1, 0.15) is 12.1 Å². The molecule has 33 heavy (non-hydrogen) atoms. The molecule has 0 unspecified atom stereocenters. The topological polar surface area (TPSA) is 155 Å². The molecule has 0 saturated carbocycles. The molecule has 2 aromatic carbocycles. The van der Waals surface area contributed by atoms with Crippen LogP contribution in [0.1, 0.15) is 23.8 Å². The van der Waals surface area contributed by atoms with E-state index in [9.17, 15) is 14.4 Å². The molecule has 4 rings (SSSR count). The van der Waals surface area contributed by atoms with E-state index < -0.39 is 24.2 Å². The number of carbonyl (C=O) groups excluding carboxylic acids is 3. The maximum atomic E-state index is 13.0. The molecule has 0 aliphatic carbocycles. The van der Waals surface area contributed by atoms with E-state index in [0.29, 0.717) is 38.7 Å². The number of nitrogens with zero attached hydrogens (tertiary/aromatic N) is 3.